The van der Waals surface area contributed by atoms with Crippen LogP contribution < -0.4 is 0 Å². The van der Waals surface area contributed by atoms with Gasteiger partial charge in [-0.05, 0) is 24.1 Å². The molecular weight excluding hydrogens is 216 g/mol. The van der Waals surface area contributed by atoms with Gasteiger partial charge in [-0.3, -0.25) is 4.79 Å². The number of benzene rings is 1. The van der Waals surface area contributed by atoms with Crippen LogP contribution in [0.1, 0.15) is 15.9 Å². The largest absolute Gasteiger partial charge is 0.465 e. The summed E-state index contributed by atoms with van der Waals surface area (Å²) >= 11 is 5.79. The molecule has 0 bridgehead atoms. The zero-order valence-electron chi connectivity index (χ0n) is 7.91. The van der Waals surface area contributed by atoms with Gasteiger partial charge in [-0.2, -0.15) is 0 Å². The first-order valence-corrected chi connectivity index (χ1v) is 4.40. The Morgan fingerprint density at radius 1 is 1.53 bits per heavy atom. The Balaban J connectivity index is 3.16. The van der Waals surface area contributed by atoms with Crippen molar-refractivity contribution >= 4 is 23.9 Å². The Hall–Kier alpha value is -1.79. The lowest BCUT2D eigenvalue weighted by molar-refractivity contribution is -0.103. The Labute approximate surface area is 92.0 Å². The van der Waals surface area contributed by atoms with Crippen molar-refractivity contribution < 1.29 is 14.3 Å². The minimum atomic E-state index is -0.533. The first kappa shape index (κ1) is 11.3. The van der Waals surface area contributed by atoms with E-state index in [1.807, 2.05) is 0 Å². The van der Waals surface area contributed by atoms with E-state index in [1.54, 1.807) is 6.07 Å². The van der Waals surface area contributed by atoms with E-state index in [0.29, 0.717) is 16.9 Å². The van der Waals surface area contributed by atoms with Crippen LogP contribution in [0.2, 0.25) is 5.02 Å². The fourth-order valence-corrected chi connectivity index (χ4v) is 1.18. The van der Waals surface area contributed by atoms with Crippen LogP contribution in [0.5, 0.6) is 0 Å². The van der Waals surface area contributed by atoms with E-state index < -0.39 is 5.97 Å². The Morgan fingerprint density at radius 3 is 2.87 bits per heavy atom. The van der Waals surface area contributed by atoms with Crippen LogP contribution in [-0.4, -0.2) is 19.4 Å². The predicted molar refractivity (Wildman–Crippen MR) is 55.7 cm³/mol. The van der Waals surface area contributed by atoms with Crippen LogP contribution in [0.25, 0.3) is 0 Å². The SMILES string of the molecule is COC(=O)c1cc(C#CC=O)ccc1Cl. The third-order valence-electron chi connectivity index (χ3n) is 1.65. The number of carbonyl (C=O) groups excluding carboxylic acids is 2. The summed E-state index contributed by atoms with van der Waals surface area (Å²) < 4.78 is 4.54. The molecule has 15 heavy (non-hydrogen) atoms. The Bertz CT molecular complexity index is 455. The molecule has 0 fully saturated rings. The lowest BCUT2D eigenvalue weighted by atomic mass is 10.1. The molecule has 0 atom stereocenters. The quantitative estimate of drug-likeness (QED) is 0.413. The molecule has 4 heteroatoms. The molecule has 0 N–H and O–H groups in total. The molecule has 76 valence electrons. The minimum Gasteiger partial charge on any atom is -0.465 e. The van der Waals surface area contributed by atoms with Gasteiger partial charge in [0.05, 0.1) is 17.7 Å². The number of rotatable bonds is 1. The van der Waals surface area contributed by atoms with Crippen LogP contribution in [0.4, 0.5) is 0 Å². The maximum atomic E-state index is 11.2. The number of aldehydes is 1. The summed E-state index contributed by atoms with van der Waals surface area (Å²) in [4.78, 5) is 21.3. The van der Waals surface area contributed by atoms with Gasteiger partial charge in [-0.1, -0.05) is 17.5 Å². The second-order valence-corrected chi connectivity index (χ2v) is 2.98. The molecule has 0 aromatic heterocycles. The lowest BCUT2D eigenvalue weighted by Crippen LogP contribution is -2.02. The van der Waals surface area contributed by atoms with Crippen molar-refractivity contribution in [2.24, 2.45) is 0 Å². The number of methoxy groups -OCH3 is 1. The van der Waals surface area contributed by atoms with Gasteiger partial charge in [0.15, 0.2) is 6.29 Å². The second kappa shape index (κ2) is 5.18. The van der Waals surface area contributed by atoms with Crippen LogP contribution in [0.15, 0.2) is 18.2 Å². The molecule has 0 heterocycles. The Kier molecular flexibility index (Phi) is 3.90. The summed E-state index contributed by atoms with van der Waals surface area (Å²) in [5, 5.41) is 0.290. The number of hydrogen-bond donors (Lipinski definition) is 0. The fraction of sp³-hybridized carbons (Fsp3) is 0.0909. The molecule has 0 unspecified atom stereocenters. The highest BCUT2D eigenvalue weighted by molar-refractivity contribution is 6.33. The van der Waals surface area contributed by atoms with Crippen molar-refractivity contribution in [2.75, 3.05) is 7.11 Å². The van der Waals surface area contributed by atoms with Crippen LogP contribution in [0, 0.1) is 11.8 Å². The fourth-order valence-electron chi connectivity index (χ4n) is 0.982. The highest BCUT2D eigenvalue weighted by Crippen LogP contribution is 2.17. The molecule has 0 aliphatic heterocycles. The summed E-state index contributed by atoms with van der Waals surface area (Å²) in [6.07, 6.45) is 0.479. The van der Waals surface area contributed by atoms with Crippen LogP contribution in [0.3, 0.4) is 0 Å². The molecule has 1 rings (SSSR count). The normalized spacial score (nSPS) is 8.67. The molecule has 3 nitrogen and oxygen atoms in total. The van der Waals surface area contributed by atoms with Crippen molar-refractivity contribution in [3.05, 3.63) is 34.3 Å². The molecule has 1 aromatic carbocycles. The molecule has 0 spiro atoms. The summed E-state index contributed by atoms with van der Waals surface area (Å²) in [7, 11) is 1.27. The predicted octanol–water partition coefficient (Wildman–Crippen LogP) is 1.68. The van der Waals surface area contributed by atoms with Gasteiger partial charge < -0.3 is 4.74 Å². The highest BCUT2D eigenvalue weighted by Gasteiger charge is 2.10. The number of esters is 1. The first-order valence-electron chi connectivity index (χ1n) is 4.02. The zero-order chi connectivity index (χ0) is 11.3. The van der Waals surface area contributed by atoms with Gasteiger partial charge in [0.25, 0.3) is 0 Å². The second-order valence-electron chi connectivity index (χ2n) is 2.57. The molecule has 1 aromatic rings. The number of halogens is 1. The molecule has 0 radical (unpaired) electrons. The number of carbonyl (C=O) groups is 2. The van der Waals surface area contributed by atoms with Crippen molar-refractivity contribution in [1.82, 2.24) is 0 Å². The van der Waals surface area contributed by atoms with Gasteiger partial charge >= 0.3 is 5.97 Å². The van der Waals surface area contributed by atoms with Gasteiger partial charge in [0, 0.05) is 5.56 Å². The van der Waals surface area contributed by atoms with Crippen LogP contribution >= 0.6 is 11.6 Å². The first-order chi connectivity index (χ1) is 7.19. The van der Waals surface area contributed by atoms with Gasteiger partial charge in [0.1, 0.15) is 0 Å². The minimum absolute atomic E-state index is 0.233. The topological polar surface area (TPSA) is 43.4 Å². The highest BCUT2D eigenvalue weighted by atomic mass is 35.5. The summed E-state index contributed by atoms with van der Waals surface area (Å²) in [5.74, 6) is 4.27. The van der Waals surface area contributed by atoms with E-state index in [0.717, 1.165) is 0 Å². The summed E-state index contributed by atoms with van der Waals surface area (Å²) in [5.41, 5.74) is 0.767. The third-order valence-corrected chi connectivity index (χ3v) is 1.98. The zero-order valence-corrected chi connectivity index (χ0v) is 8.67. The van der Waals surface area contributed by atoms with E-state index in [1.165, 1.54) is 19.2 Å². The van der Waals surface area contributed by atoms with E-state index in [4.69, 9.17) is 11.6 Å². The van der Waals surface area contributed by atoms with Crippen LogP contribution in [-0.2, 0) is 9.53 Å². The smallest absolute Gasteiger partial charge is 0.339 e. The molecule has 0 amide bonds. The van der Waals surface area contributed by atoms with Crippen molar-refractivity contribution in [3.63, 3.8) is 0 Å². The van der Waals surface area contributed by atoms with Gasteiger partial charge in [-0.15, -0.1) is 0 Å². The Morgan fingerprint density at radius 2 is 2.27 bits per heavy atom. The molecule has 0 aliphatic carbocycles. The van der Waals surface area contributed by atoms with E-state index in [9.17, 15) is 9.59 Å². The van der Waals surface area contributed by atoms with Crippen molar-refractivity contribution in [2.45, 2.75) is 0 Å². The molecule has 0 saturated carbocycles. The molecule has 0 aliphatic rings. The number of hydrogen-bond acceptors (Lipinski definition) is 3. The number of ether oxygens (including phenoxy) is 1. The lowest BCUT2D eigenvalue weighted by Gasteiger charge is -2.01. The standard InChI is InChI=1S/C11H7ClO3/c1-15-11(14)9-7-8(3-2-6-13)4-5-10(9)12/h4-7H,1H3. The monoisotopic (exact) mass is 222 g/mol. The van der Waals surface area contributed by atoms with E-state index >= 15 is 0 Å². The summed E-state index contributed by atoms with van der Waals surface area (Å²) in [6.45, 7) is 0. The van der Waals surface area contributed by atoms with Gasteiger partial charge in [-0.25, -0.2) is 4.79 Å². The third kappa shape index (κ3) is 2.83. The maximum absolute atomic E-state index is 11.2. The summed E-state index contributed by atoms with van der Waals surface area (Å²) in [6, 6.07) is 4.62. The molecule has 0 saturated heterocycles. The average Bonchev–Trinajstić information content (AvgIpc) is 2.27. The van der Waals surface area contributed by atoms with Crippen molar-refractivity contribution in [1.29, 1.82) is 0 Å². The van der Waals surface area contributed by atoms with E-state index in [2.05, 4.69) is 16.6 Å². The van der Waals surface area contributed by atoms with Crippen molar-refractivity contribution in [3.8, 4) is 11.8 Å². The van der Waals surface area contributed by atoms with E-state index in [-0.39, 0.29) is 5.56 Å². The average molecular weight is 223 g/mol. The van der Waals surface area contributed by atoms with Gasteiger partial charge in [0.2, 0.25) is 0 Å². The molecular formula is C11H7ClO3. The maximum Gasteiger partial charge on any atom is 0.339 e.